The number of anilines is 1. The van der Waals surface area contributed by atoms with E-state index >= 15 is 0 Å². The second kappa shape index (κ2) is 6.69. The van der Waals surface area contributed by atoms with Gasteiger partial charge in [-0.05, 0) is 31.5 Å². The molecule has 1 atom stereocenters. The first kappa shape index (κ1) is 14.8. The highest BCUT2D eigenvalue weighted by atomic mass is 16.6. The summed E-state index contributed by atoms with van der Waals surface area (Å²) in [5.74, 6) is 0.525. The molecule has 1 aromatic heterocycles. The number of rotatable bonds is 6. The van der Waals surface area contributed by atoms with Crippen LogP contribution in [0.5, 0.6) is 5.88 Å². The number of nitrogens with one attached hydrogen (secondary N) is 1. The summed E-state index contributed by atoms with van der Waals surface area (Å²) in [6.45, 7) is 4.35. The summed E-state index contributed by atoms with van der Waals surface area (Å²) in [6.07, 6.45) is 1.66. The fraction of sp³-hybridized carbons (Fsp3) is 0.267. The number of nitro benzene ring substituents is 1. The van der Waals surface area contributed by atoms with E-state index < -0.39 is 4.92 Å². The molecule has 0 bridgehead atoms. The normalized spacial score (nSPS) is 11.7. The van der Waals surface area contributed by atoms with E-state index in [9.17, 15) is 10.1 Å². The molecule has 0 saturated heterocycles. The highest BCUT2D eigenvalue weighted by molar-refractivity contribution is 5.54. The van der Waals surface area contributed by atoms with Gasteiger partial charge in [0.15, 0.2) is 0 Å². The lowest BCUT2D eigenvalue weighted by Gasteiger charge is -2.17. The van der Waals surface area contributed by atoms with Crippen LogP contribution >= 0.6 is 0 Å². The molecule has 21 heavy (non-hydrogen) atoms. The summed E-state index contributed by atoms with van der Waals surface area (Å²) >= 11 is 0. The zero-order valence-electron chi connectivity index (χ0n) is 11.9. The van der Waals surface area contributed by atoms with Crippen LogP contribution in [0.2, 0.25) is 0 Å². The molecule has 1 N–H and O–H groups in total. The van der Waals surface area contributed by atoms with Crippen molar-refractivity contribution >= 4 is 11.4 Å². The summed E-state index contributed by atoms with van der Waals surface area (Å²) in [7, 11) is 0. The van der Waals surface area contributed by atoms with E-state index in [0.29, 0.717) is 12.5 Å². The third-order valence-electron chi connectivity index (χ3n) is 3.01. The van der Waals surface area contributed by atoms with Crippen LogP contribution in [-0.2, 0) is 0 Å². The number of hydrogen-bond acceptors (Lipinski definition) is 5. The molecule has 0 aliphatic rings. The van der Waals surface area contributed by atoms with E-state index in [1.807, 2.05) is 32.0 Å². The van der Waals surface area contributed by atoms with Gasteiger partial charge in [-0.25, -0.2) is 4.98 Å². The Bertz CT molecular complexity index is 631. The van der Waals surface area contributed by atoms with E-state index in [2.05, 4.69) is 10.3 Å². The van der Waals surface area contributed by atoms with Crippen molar-refractivity contribution < 1.29 is 9.66 Å². The predicted molar refractivity (Wildman–Crippen MR) is 80.5 cm³/mol. The molecule has 1 heterocycles. The van der Waals surface area contributed by atoms with Crippen molar-refractivity contribution in [2.45, 2.75) is 19.9 Å². The lowest BCUT2D eigenvalue weighted by Crippen LogP contribution is -2.09. The topological polar surface area (TPSA) is 77.3 Å². The molecule has 1 aromatic carbocycles. The second-order valence-corrected chi connectivity index (χ2v) is 4.51. The van der Waals surface area contributed by atoms with Crippen LogP contribution < -0.4 is 10.1 Å². The molecule has 6 nitrogen and oxygen atoms in total. The van der Waals surface area contributed by atoms with Crippen LogP contribution in [0, 0.1) is 10.1 Å². The SMILES string of the molecule is CCOc1ncccc1NC(C)c1cccc([N+](=O)[O-])c1. The first-order valence-electron chi connectivity index (χ1n) is 6.70. The Morgan fingerprint density at radius 1 is 1.38 bits per heavy atom. The Labute approximate surface area is 122 Å². The fourth-order valence-electron chi connectivity index (χ4n) is 1.98. The number of nitro groups is 1. The summed E-state index contributed by atoms with van der Waals surface area (Å²) in [4.78, 5) is 14.6. The Balaban J connectivity index is 2.20. The zero-order chi connectivity index (χ0) is 15.2. The highest BCUT2D eigenvalue weighted by Crippen LogP contribution is 2.27. The van der Waals surface area contributed by atoms with Crippen molar-refractivity contribution in [3.05, 3.63) is 58.3 Å². The van der Waals surface area contributed by atoms with Crippen LogP contribution in [0.15, 0.2) is 42.6 Å². The van der Waals surface area contributed by atoms with Gasteiger partial charge in [0.1, 0.15) is 0 Å². The van der Waals surface area contributed by atoms with Crippen molar-refractivity contribution in [1.82, 2.24) is 4.98 Å². The van der Waals surface area contributed by atoms with E-state index in [1.165, 1.54) is 6.07 Å². The van der Waals surface area contributed by atoms with Crippen LogP contribution in [0.3, 0.4) is 0 Å². The Morgan fingerprint density at radius 3 is 2.90 bits per heavy atom. The standard InChI is InChI=1S/C15H17N3O3/c1-3-21-15-14(8-5-9-16-15)17-11(2)12-6-4-7-13(10-12)18(19)20/h4-11,17H,3H2,1-2H3. The maximum absolute atomic E-state index is 10.8. The lowest BCUT2D eigenvalue weighted by molar-refractivity contribution is -0.384. The minimum Gasteiger partial charge on any atom is -0.476 e. The molecule has 0 aliphatic heterocycles. The van der Waals surface area contributed by atoms with Crippen molar-refractivity contribution in [3.63, 3.8) is 0 Å². The molecule has 0 aliphatic carbocycles. The average Bonchev–Trinajstić information content (AvgIpc) is 2.49. The van der Waals surface area contributed by atoms with Gasteiger partial charge in [0.05, 0.1) is 17.2 Å². The highest BCUT2D eigenvalue weighted by Gasteiger charge is 2.13. The predicted octanol–water partition coefficient (Wildman–Crippen LogP) is 3.56. The van der Waals surface area contributed by atoms with Gasteiger partial charge in [0.2, 0.25) is 5.88 Å². The first-order chi connectivity index (χ1) is 10.1. The first-order valence-corrected chi connectivity index (χ1v) is 6.70. The van der Waals surface area contributed by atoms with Gasteiger partial charge in [-0.1, -0.05) is 12.1 Å². The van der Waals surface area contributed by atoms with E-state index in [0.717, 1.165) is 11.3 Å². The largest absolute Gasteiger partial charge is 0.476 e. The molecular weight excluding hydrogens is 270 g/mol. The number of nitrogens with zero attached hydrogens (tertiary/aromatic N) is 2. The maximum atomic E-state index is 10.8. The summed E-state index contributed by atoms with van der Waals surface area (Å²) in [5, 5.41) is 14.1. The van der Waals surface area contributed by atoms with Crippen molar-refractivity contribution in [2.75, 3.05) is 11.9 Å². The smallest absolute Gasteiger partial charge is 0.269 e. The Morgan fingerprint density at radius 2 is 2.19 bits per heavy atom. The fourth-order valence-corrected chi connectivity index (χ4v) is 1.98. The molecule has 0 amide bonds. The van der Waals surface area contributed by atoms with E-state index in [-0.39, 0.29) is 11.7 Å². The summed E-state index contributed by atoms with van der Waals surface area (Å²) in [6, 6.07) is 10.1. The molecular formula is C15H17N3O3. The van der Waals surface area contributed by atoms with Gasteiger partial charge in [-0.2, -0.15) is 0 Å². The Kier molecular flexibility index (Phi) is 4.71. The molecule has 110 valence electrons. The average molecular weight is 287 g/mol. The maximum Gasteiger partial charge on any atom is 0.269 e. The van der Waals surface area contributed by atoms with Crippen LogP contribution in [0.25, 0.3) is 0 Å². The molecule has 0 saturated carbocycles. The number of non-ortho nitro benzene ring substituents is 1. The van der Waals surface area contributed by atoms with Crippen LogP contribution in [-0.4, -0.2) is 16.5 Å². The number of benzene rings is 1. The number of pyridine rings is 1. The van der Waals surface area contributed by atoms with Gasteiger partial charge >= 0.3 is 0 Å². The molecule has 0 spiro atoms. The quantitative estimate of drug-likeness (QED) is 0.649. The molecule has 0 radical (unpaired) electrons. The second-order valence-electron chi connectivity index (χ2n) is 4.51. The molecule has 1 unspecified atom stereocenters. The van der Waals surface area contributed by atoms with E-state index in [1.54, 1.807) is 18.3 Å². The van der Waals surface area contributed by atoms with Crippen LogP contribution in [0.1, 0.15) is 25.5 Å². The van der Waals surface area contributed by atoms with Gasteiger partial charge in [0.25, 0.3) is 5.69 Å². The van der Waals surface area contributed by atoms with Crippen LogP contribution in [0.4, 0.5) is 11.4 Å². The minimum absolute atomic E-state index is 0.0809. The minimum atomic E-state index is -0.397. The Hall–Kier alpha value is -2.63. The molecule has 2 aromatic rings. The third-order valence-corrected chi connectivity index (χ3v) is 3.01. The van der Waals surface area contributed by atoms with Gasteiger partial charge in [0, 0.05) is 24.4 Å². The molecule has 2 rings (SSSR count). The summed E-state index contributed by atoms with van der Waals surface area (Å²) in [5.41, 5.74) is 1.67. The van der Waals surface area contributed by atoms with E-state index in [4.69, 9.17) is 4.74 Å². The number of hydrogen-bond donors (Lipinski definition) is 1. The number of aromatic nitrogens is 1. The van der Waals surface area contributed by atoms with Crippen molar-refractivity contribution in [3.8, 4) is 5.88 Å². The van der Waals surface area contributed by atoms with Gasteiger partial charge in [-0.15, -0.1) is 0 Å². The number of ether oxygens (including phenoxy) is 1. The van der Waals surface area contributed by atoms with Crippen molar-refractivity contribution in [2.24, 2.45) is 0 Å². The summed E-state index contributed by atoms with van der Waals surface area (Å²) < 4.78 is 5.45. The van der Waals surface area contributed by atoms with Crippen molar-refractivity contribution in [1.29, 1.82) is 0 Å². The molecule has 0 fully saturated rings. The zero-order valence-corrected chi connectivity index (χ0v) is 11.9. The monoisotopic (exact) mass is 287 g/mol. The molecule has 6 heteroatoms. The third kappa shape index (κ3) is 3.68. The van der Waals surface area contributed by atoms with Gasteiger partial charge < -0.3 is 10.1 Å². The van der Waals surface area contributed by atoms with Gasteiger partial charge in [-0.3, -0.25) is 10.1 Å². The lowest BCUT2D eigenvalue weighted by atomic mass is 10.1.